The summed E-state index contributed by atoms with van der Waals surface area (Å²) in [5, 5.41) is 13.2. The normalized spacial score (nSPS) is 24.4. The molecule has 5 nitrogen and oxygen atoms in total. The third-order valence-electron chi connectivity index (χ3n) is 4.40. The van der Waals surface area contributed by atoms with Crippen LogP contribution in [0.5, 0.6) is 0 Å². The van der Waals surface area contributed by atoms with Gasteiger partial charge in [-0.05, 0) is 39.5 Å². The number of nitrogens with zero attached hydrogens (tertiary/aromatic N) is 1. The summed E-state index contributed by atoms with van der Waals surface area (Å²) in [6.45, 7) is 8.10. The molecule has 110 valence electrons. The Labute approximate surface area is 115 Å². The number of aliphatic hydroxyl groups is 1. The van der Waals surface area contributed by atoms with Crippen molar-refractivity contribution in [1.82, 2.24) is 10.2 Å². The maximum Gasteiger partial charge on any atom is 0.252 e. The lowest BCUT2D eigenvalue weighted by Gasteiger charge is -2.41. The van der Waals surface area contributed by atoms with Crippen LogP contribution in [0, 0.1) is 0 Å². The minimum atomic E-state index is -1.12. The first kappa shape index (κ1) is 14.8. The molecule has 0 aromatic rings. The first-order chi connectivity index (χ1) is 8.94. The summed E-state index contributed by atoms with van der Waals surface area (Å²) in [6, 6.07) is 0. The van der Waals surface area contributed by atoms with Crippen molar-refractivity contribution >= 4 is 5.91 Å². The Morgan fingerprint density at radius 1 is 1.32 bits per heavy atom. The third-order valence-corrected chi connectivity index (χ3v) is 4.40. The number of amides is 1. The lowest BCUT2D eigenvalue weighted by molar-refractivity contribution is -0.139. The molecule has 0 atom stereocenters. The van der Waals surface area contributed by atoms with Crippen molar-refractivity contribution in [1.29, 1.82) is 0 Å². The molecule has 2 rings (SSSR count). The van der Waals surface area contributed by atoms with Crippen molar-refractivity contribution in [2.45, 2.75) is 50.7 Å². The van der Waals surface area contributed by atoms with Crippen LogP contribution in [0.1, 0.15) is 39.5 Å². The molecule has 1 aliphatic carbocycles. The zero-order valence-corrected chi connectivity index (χ0v) is 12.1. The Morgan fingerprint density at radius 3 is 2.47 bits per heavy atom. The number of hydrogen-bond acceptors (Lipinski definition) is 4. The molecule has 0 aromatic heterocycles. The molecular weight excluding hydrogens is 244 g/mol. The highest BCUT2D eigenvalue weighted by atomic mass is 16.5. The number of carbonyl (C=O) groups excluding carboxylic acids is 1. The van der Waals surface area contributed by atoms with Crippen molar-refractivity contribution in [3.63, 3.8) is 0 Å². The molecule has 2 N–H and O–H groups in total. The number of rotatable bonds is 4. The lowest BCUT2D eigenvalue weighted by atomic mass is 9.98. The van der Waals surface area contributed by atoms with Gasteiger partial charge in [0.1, 0.15) is 5.60 Å². The van der Waals surface area contributed by atoms with Crippen LogP contribution in [0.15, 0.2) is 0 Å². The molecule has 2 aliphatic rings. The van der Waals surface area contributed by atoms with Crippen LogP contribution in [0.25, 0.3) is 0 Å². The van der Waals surface area contributed by atoms with E-state index in [2.05, 4.69) is 24.1 Å². The largest absolute Gasteiger partial charge is 0.380 e. The quantitative estimate of drug-likeness (QED) is 0.782. The highest BCUT2D eigenvalue weighted by molar-refractivity contribution is 5.85. The van der Waals surface area contributed by atoms with E-state index in [1.54, 1.807) is 0 Å². The first-order valence-corrected chi connectivity index (χ1v) is 7.28. The fourth-order valence-electron chi connectivity index (χ4n) is 2.93. The summed E-state index contributed by atoms with van der Waals surface area (Å²) in [5.41, 5.74) is -1.23. The number of hydrogen-bond donors (Lipinski definition) is 2. The fourth-order valence-corrected chi connectivity index (χ4v) is 2.93. The standard InChI is InChI=1S/C14H26N2O3/c1-13(2,16-7-9-19-10-8-16)11-15-12(17)14(18)5-3-4-6-14/h18H,3-11H2,1-2H3,(H,15,17). The van der Waals surface area contributed by atoms with Crippen molar-refractivity contribution < 1.29 is 14.6 Å². The van der Waals surface area contributed by atoms with E-state index in [-0.39, 0.29) is 11.4 Å². The molecule has 5 heteroatoms. The van der Waals surface area contributed by atoms with Crippen LogP contribution in [0.3, 0.4) is 0 Å². The van der Waals surface area contributed by atoms with Crippen LogP contribution < -0.4 is 5.32 Å². The molecule has 0 spiro atoms. The van der Waals surface area contributed by atoms with Gasteiger partial charge in [0.2, 0.25) is 0 Å². The minimum absolute atomic E-state index is 0.103. The van der Waals surface area contributed by atoms with E-state index in [4.69, 9.17) is 4.74 Å². The predicted octanol–water partition coefficient (Wildman–Crippen LogP) is 0.518. The van der Waals surface area contributed by atoms with Gasteiger partial charge in [-0.3, -0.25) is 9.69 Å². The van der Waals surface area contributed by atoms with Crippen LogP contribution in [0.2, 0.25) is 0 Å². The highest BCUT2D eigenvalue weighted by Gasteiger charge is 2.39. The van der Waals surface area contributed by atoms with Crippen molar-refractivity contribution in [2.75, 3.05) is 32.8 Å². The summed E-state index contributed by atoms with van der Waals surface area (Å²) in [5.74, 6) is -0.202. The molecule has 0 radical (unpaired) electrons. The second kappa shape index (κ2) is 5.77. The second-order valence-electron chi connectivity index (χ2n) is 6.33. The maximum atomic E-state index is 12.1. The van der Waals surface area contributed by atoms with Crippen LogP contribution in [0.4, 0.5) is 0 Å². The van der Waals surface area contributed by atoms with Crippen molar-refractivity contribution in [2.24, 2.45) is 0 Å². The Bertz CT molecular complexity index is 319. The highest BCUT2D eigenvalue weighted by Crippen LogP contribution is 2.29. The third kappa shape index (κ3) is 3.46. The molecule has 0 bridgehead atoms. The van der Waals surface area contributed by atoms with E-state index >= 15 is 0 Å². The summed E-state index contributed by atoms with van der Waals surface area (Å²) < 4.78 is 5.35. The Kier molecular flexibility index (Phi) is 4.48. The average Bonchev–Trinajstić information content (AvgIpc) is 2.85. The molecular formula is C14H26N2O3. The number of ether oxygens (including phenoxy) is 1. The molecule has 0 unspecified atom stereocenters. The van der Waals surface area contributed by atoms with Gasteiger partial charge in [-0.2, -0.15) is 0 Å². The molecule has 0 aromatic carbocycles. The summed E-state index contributed by atoms with van der Waals surface area (Å²) in [6.07, 6.45) is 3.07. The van der Waals surface area contributed by atoms with Gasteiger partial charge in [0, 0.05) is 25.2 Å². The smallest absolute Gasteiger partial charge is 0.252 e. The summed E-state index contributed by atoms with van der Waals surface area (Å²) in [7, 11) is 0. The van der Waals surface area contributed by atoms with Crippen molar-refractivity contribution in [3.8, 4) is 0 Å². The molecule has 1 heterocycles. The molecule has 1 amide bonds. The Hall–Kier alpha value is -0.650. The molecule has 1 saturated heterocycles. The van der Waals surface area contributed by atoms with E-state index in [1.807, 2.05) is 0 Å². The number of carbonyl (C=O) groups is 1. The van der Waals surface area contributed by atoms with Gasteiger partial charge >= 0.3 is 0 Å². The summed E-state index contributed by atoms with van der Waals surface area (Å²) >= 11 is 0. The monoisotopic (exact) mass is 270 g/mol. The van der Waals surface area contributed by atoms with E-state index in [0.29, 0.717) is 19.4 Å². The molecule has 1 saturated carbocycles. The van der Waals surface area contributed by atoms with E-state index in [1.165, 1.54) is 0 Å². The number of morpholine rings is 1. The Morgan fingerprint density at radius 2 is 1.89 bits per heavy atom. The van der Waals surface area contributed by atoms with Gasteiger partial charge < -0.3 is 15.2 Å². The van der Waals surface area contributed by atoms with E-state index in [0.717, 1.165) is 39.1 Å². The van der Waals surface area contributed by atoms with E-state index < -0.39 is 5.60 Å². The van der Waals surface area contributed by atoms with E-state index in [9.17, 15) is 9.90 Å². The molecule has 2 fully saturated rings. The van der Waals surface area contributed by atoms with Gasteiger partial charge in [0.25, 0.3) is 5.91 Å². The van der Waals surface area contributed by atoms with Crippen LogP contribution >= 0.6 is 0 Å². The first-order valence-electron chi connectivity index (χ1n) is 7.28. The second-order valence-corrected chi connectivity index (χ2v) is 6.33. The van der Waals surface area contributed by atoms with Gasteiger partial charge in [0.05, 0.1) is 13.2 Å². The topological polar surface area (TPSA) is 61.8 Å². The maximum absolute atomic E-state index is 12.1. The molecule has 1 aliphatic heterocycles. The van der Waals surface area contributed by atoms with Gasteiger partial charge in [-0.1, -0.05) is 0 Å². The van der Waals surface area contributed by atoms with Gasteiger partial charge in [-0.25, -0.2) is 0 Å². The van der Waals surface area contributed by atoms with Gasteiger partial charge in [-0.15, -0.1) is 0 Å². The average molecular weight is 270 g/mol. The predicted molar refractivity (Wildman–Crippen MR) is 72.9 cm³/mol. The SMILES string of the molecule is CC(C)(CNC(=O)C1(O)CCCC1)N1CCOCC1. The minimum Gasteiger partial charge on any atom is -0.380 e. The molecule has 19 heavy (non-hydrogen) atoms. The van der Waals surface area contributed by atoms with Crippen molar-refractivity contribution in [3.05, 3.63) is 0 Å². The summed E-state index contributed by atoms with van der Waals surface area (Å²) in [4.78, 5) is 14.4. The lowest BCUT2D eigenvalue weighted by Crippen LogP contribution is -2.57. The van der Waals surface area contributed by atoms with Gasteiger partial charge in [0.15, 0.2) is 0 Å². The fraction of sp³-hybridized carbons (Fsp3) is 0.929. The Balaban J connectivity index is 1.84. The zero-order valence-electron chi connectivity index (χ0n) is 12.1. The number of nitrogens with one attached hydrogen (secondary N) is 1. The zero-order chi connectivity index (χ0) is 13.9. The van der Waals surface area contributed by atoms with Crippen LogP contribution in [-0.2, 0) is 9.53 Å². The van der Waals surface area contributed by atoms with Crippen LogP contribution in [-0.4, -0.2) is 59.9 Å².